The van der Waals surface area contributed by atoms with E-state index in [0.29, 0.717) is 18.0 Å². The molecule has 114 valence electrons. The zero-order chi connectivity index (χ0) is 15.5. The molecule has 1 amide bonds. The van der Waals surface area contributed by atoms with Crippen LogP contribution in [0.5, 0.6) is 0 Å². The zero-order valence-corrected chi connectivity index (χ0v) is 12.6. The lowest BCUT2D eigenvalue weighted by Crippen LogP contribution is -2.36. The maximum Gasteiger partial charge on any atom is 0.311 e. The van der Waals surface area contributed by atoms with Crippen molar-refractivity contribution in [3.8, 4) is 0 Å². The number of carboxylic acids is 1. The highest BCUT2D eigenvalue weighted by Gasteiger charge is 2.41. The molecule has 1 aromatic rings. The molecular formula is C15H18ClNO4. The average molecular weight is 312 g/mol. The van der Waals surface area contributed by atoms with Gasteiger partial charge in [0.1, 0.15) is 6.61 Å². The second kappa shape index (κ2) is 6.45. The summed E-state index contributed by atoms with van der Waals surface area (Å²) in [6.07, 6.45) is 0.471. The standard InChI is InChI=1S/C15H18ClNO4/c1-15(14(19)20)6-7-17(10-15)13(18)9-21-8-11-4-2-3-5-12(11)16/h2-5H,6-10H2,1H3,(H,19,20)/t15-/m0/s1. The number of ether oxygens (including phenoxy) is 1. The first kappa shape index (κ1) is 15.8. The Balaban J connectivity index is 1.81. The molecule has 1 N–H and O–H groups in total. The summed E-state index contributed by atoms with van der Waals surface area (Å²) in [5, 5.41) is 9.74. The number of hydrogen-bond acceptors (Lipinski definition) is 3. The van der Waals surface area contributed by atoms with E-state index in [9.17, 15) is 9.59 Å². The molecule has 0 radical (unpaired) electrons. The normalized spacial score (nSPS) is 21.5. The van der Waals surface area contributed by atoms with Crippen LogP contribution in [0.15, 0.2) is 24.3 Å². The number of carbonyl (C=O) groups is 2. The fourth-order valence-corrected chi connectivity index (χ4v) is 2.49. The summed E-state index contributed by atoms with van der Waals surface area (Å²) in [4.78, 5) is 24.7. The highest BCUT2D eigenvalue weighted by Crippen LogP contribution is 2.30. The van der Waals surface area contributed by atoms with Crippen molar-refractivity contribution in [2.45, 2.75) is 20.0 Å². The Labute approximate surface area is 128 Å². The highest BCUT2D eigenvalue weighted by atomic mass is 35.5. The van der Waals surface area contributed by atoms with Crippen molar-refractivity contribution >= 4 is 23.5 Å². The molecule has 0 saturated carbocycles. The highest BCUT2D eigenvalue weighted by molar-refractivity contribution is 6.31. The molecule has 1 aliphatic rings. The third-order valence-corrected chi connectivity index (χ3v) is 4.15. The zero-order valence-electron chi connectivity index (χ0n) is 11.8. The molecule has 0 spiro atoms. The fourth-order valence-electron chi connectivity index (χ4n) is 2.30. The first-order valence-electron chi connectivity index (χ1n) is 6.75. The van der Waals surface area contributed by atoms with Crippen LogP contribution >= 0.6 is 11.6 Å². The first-order valence-corrected chi connectivity index (χ1v) is 7.12. The van der Waals surface area contributed by atoms with Gasteiger partial charge in [0.05, 0.1) is 12.0 Å². The molecule has 0 aliphatic carbocycles. The molecule has 1 fully saturated rings. The summed E-state index contributed by atoms with van der Waals surface area (Å²) in [7, 11) is 0. The smallest absolute Gasteiger partial charge is 0.311 e. The summed E-state index contributed by atoms with van der Waals surface area (Å²) in [5.74, 6) is -1.05. The number of hydrogen-bond donors (Lipinski definition) is 1. The van der Waals surface area contributed by atoms with Gasteiger partial charge in [-0.1, -0.05) is 29.8 Å². The van der Waals surface area contributed by atoms with Crippen LogP contribution in [0.2, 0.25) is 5.02 Å². The Kier molecular flexibility index (Phi) is 4.85. The molecule has 5 nitrogen and oxygen atoms in total. The molecule has 2 rings (SSSR count). The van der Waals surface area contributed by atoms with Gasteiger partial charge in [-0.3, -0.25) is 9.59 Å². The monoisotopic (exact) mass is 311 g/mol. The summed E-state index contributed by atoms with van der Waals surface area (Å²) in [6, 6.07) is 7.28. The molecule has 21 heavy (non-hydrogen) atoms. The van der Waals surface area contributed by atoms with E-state index in [4.69, 9.17) is 21.4 Å². The average Bonchev–Trinajstić information content (AvgIpc) is 2.85. The van der Waals surface area contributed by atoms with Crippen LogP contribution in [0.4, 0.5) is 0 Å². The van der Waals surface area contributed by atoms with Crippen molar-refractivity contribution in [3.05, 3.63) is 34.9 Å². The summed E-state index contributed by atoms with van der Waals surface area (Å²) in [6.45, 7) is 2.54. The van der Waals surface area contributed by atoms with E-state index < -0.39 is 11.4 Å². The van der Waals surface area contributed by atoms with E-state index in [-0.39, 0.29) is 25.7 Å². The van der Waals surface area contributed by atoms with Crippen LogP contribution in [-0.2, 0) is 20.9 Å². The fraction of sp³-hybridized carbons (Fsp3) is 0.467. The van der Waals surface area contributed by atoms with Gasteiger partial charge in [-0.25, -0.2) is 0 Å². The van der Waals surface area contributed by atoms with Crippen LogP contribution in [0.1, 0.15) is 18.9 Å². The quantitative estimate of drug-likeness (QED) is 0.905. The van der Waals surface area contributed by atoms with Crippen LogP contribution in [0.3, 0.4) is 0 Å². The van der Waals surface area contributed by atoms with Crippen molar-refractivity contribution in [2.75, 3.05) is 19.7 Å². The predicted octanol–water partition coefficient (Wildman–Crippen LogP) is 2.18. The second-order valence-corrected chi connectivity index (χ2v) is 5.92. The largest absolute Gasteiger partial charge is 0.481 e. The Morgan fingerprint density at radius 1 is 1.43 bits per heavy atom. The third-order valence-electron chi connectivity index (χ3n) is 3.78. The van der Waals surface area contributed by atoms with Gasteiger partial charge >= 0.3 is 5.97 Å². The molecule has 1 atom stereocenters. The number of benzene rings is 1. The van der Waals surface area contributed by atoms with Crippen LogP contribution in [0.25, 0.3) is 0 Å². The second-order valence-electron chi connectivity index (χ2n) is 5.52. The molecule has 1 aliphatic heterocycles. The minimum Gasteiger partial charge on any atom is -0.481 e. The van der Waals surface area contributed by atoms with Crippen LogP contribution in [-0.4, -0.2) is 41.6 Å². The Morgan fingerprint density at radius 3 is 2.76 bits per heavy atom. The molecule has 0 unspecified atom stereocenters. The molecular weight excluding hydrogens is 294 g/mol. The lowest BCUT2D eigenvalue weighted by Gasteiger charge is -2.20. The predicted molar refractivity (Wildman–Crippen MR) is 78.0 cm³/mol. The topological polar surface area (TPSA) is 66.8 Å². The SMILES string of the molecule is C[C@]1(C(=O)O)CCN(C(=O)COCc2ccccc2Cl)C1. The number of carbonyl (C=O) groups excluding carboxylic acids is 1. The molecule has 1 saturated heterocycles. The van der Waals surface area contributed by atoms with Gasteiger partial charge in [0, 0.05) is 18.1 Å². The van der Waals surface area contributed by atoms with Crippen molar-refractivity contribution in [1.29, 1.82) is 0 Å². The minimum absolute atomic E-state index is 0.0685. The van der Waals surface area contributed by atoms with E-state index in [0.717, 1.165) is 5.56 Å². The lowest BCUT2D eigenvalue weighted by atomic mass is 9.90. The van der Waals surface area contributed by atoms with Gasteiger partial charge in [-0.05, 0) is 25.0 Å². The van der Waals surface area contributed by atoms with Gasteiger partial charge in [-0.15, -0.1) is 0 Å². The van der Waals surface area contributed by atoms with Crippen molar-refractivity contribution in [2.24, 2.45) is 5.41 Å². The van der Waals surface area contributed by atoms with E-state index in [2.05, 4.69) is 0 Å². The van der Waals surface area contributed by atoms with E-state index in [1.54, 1.807) is 17.9 Å². The van der Waals surface area contributed by atoms with Gasteiger partial charge < -0.3 is 14.7 Å². The van der Waals surface area contributed by atoms with E-state index in [1.807, 2.05) is 18.2 Å². The lowest BCUT2D eigenvalue weighted by molar-refractivity contribution is -0.147. The molecule has 1 heterocycles. The number of halogens is 1. The number of rotatable bonds is 5. The summed E-state index contributed by atoms with van der Waals surface area (Å²) < 4.78 is 5.38. The number of carboxylic acid groups (broad SMARTS) is 1. The Morgan fingerprint density at radius 2 is 2.14 bits per heavy atom. The van der Waals surface area contributed by atoms with Gasteiger partial charge in [0.25, 0.3) is 0 Å². The number of amides is 1. The van der Waals surface area contributed by atoms with Crippen LogP contribution < -0.4 is 0 Å². The van der Waals surface area contributed by atoms with Crippen molar-refractivity contribution in [3.63, 3.8) is 0 Å². The van der Waals surface area contributed by atoms with E-state index >= 15 is 0 Å². The molecule has 0 aromatic heterocycles. The van der Waals surface area contributed by atoms with E-state index in [1.165, 1.54) is 0 Å². The molecule has 1 aromatic carbocycles. The first-order chi connectivity index (χ1) is 9.92. The third kappa shape index (κ3) is 3.74. The van der Waals surface area contributed by atoms with Gasteiger partial charge in [0.2, 0.25) is 5.91 Å². The van der Waals surface area contributed by atoms with Crippen LogP contribution in [0, 0.1) is 5.41 Å². The van der Waals surface area contributed by atoms with Gasteiger partial charge in [-0.2, -0.15) is 0 Å². The van der Waals surface area contributed by atoms with Crippen molar-refractivity contribution < 1.29 is 19.4 Å². The van der Waals surface area contributed by atoms with Crippen molar-refractivity contribution in [1.82, 2.24) is 4.90 Å². The maximum absolute atomic E-state index is 12.0. The maximum atomic E-state index is 12.0. The minimum atomic E-state index is -0.866. The molecule has 0 bridgehead atoms. The van der Waals surface area contributed by atoms with Gasteiger partial charge in [0.15, 0.2) is 0 Å². The Bertz CT molecular complexity index is 548. The Hall–Kier alpha value is -1.59. The summed E-state index contributed by atoms with van der Waals surface area (Å²) >= 11 is 6.00. The number of aliphatic carboxylic acids is 1. The molecule has 6 heteroatoms. The number of likely N-dealkylation sites (tertiary alicyclic amines) is 1. The number of nitrogens with zero attached hydrogens (tertiary/aromatic N) is 1. The summed E-state index contributed by atoms with van der Waals surface area (Å²) in [5.41, 5.74) is -0.0259.